The molecule has 0 saturated carbocycles. The van der Waals surface area contributed by atoms with Crippen LogP contribution in [0.4, 0.5) is 0 Å². The number of ether oxygens (including phenoxy) is 3. The number of aliphatic hydroxyl groups excluding tert-OH is 1. The second kappa shape index (κ2) is 11.6. The molecular weight excluding hydrogens is 460 g/mol. The topological polar surface area (TPSA) is 88.5 Å². The number of morpholine rings is 1. The number of hydrogen-bond donors (Lipinski definition) is 1. The van der Waals surface area contributed by atoms with Gasteiger partial charge in [-0.15, -0.1) is 0 Å². The lowest BCUT2D eigenvalue weighted by molar-refractivity contribution is -0.140. The summed E-state index contributed by atoms with van der Waals surface area (Å²) in [6, 6.07) is 11.8. The van der Waals surface area contributed by atoms with Crippen LogP contribution in [0.25, 0.3) is 5.76 Å². The van der Waals surface area contributed by atoms with Crippen LogP contribution in [0.2, 0.25) is 0 Å². The van der Waals surface area contributed by atoms with Crippen molar-refractivity contribution < 1.29 is 28.9 Å². The summed E-state index contributed by atoms with van der Waals surface area (Å²) >= 11 is 0. The van der Waals surface area contributed by atoms with Gasteiger partial charge in [0.25, 0.3) is 11.7 Å². The quantitative estimate of drug-likeness (QED) is 0.324. The van der Waals surface area contributed by atoms with E-state index in [1.165, 1.54) is 0 Å². The van der Waals surface area contributed by atoms with Gasteiger partial charge in [-0.05, 0) is 50.1 Å². The molecular formula is C28H34N2O6. The number of ketones is 1. The SMILES string of the molecule is CCOc1ccccc1[C@@H]1C(=C(O)c2ccc(OC)c(C)c2)C(=O)C(=O)N1CCCN1CCOCC1. The Morgan fingerprint density at radius 1 is 1.08 bits per heavy atom. The normalized spacial score (nSPS) is 20.1. The summed E-state index contributed by atoms with van der Waals surface area (Å²) in [5.41, 5.74) is 2.02. The molecule has 2 saturated heterocycles. The summed E-state index contributed by atoms with van der Waals surface area (Å²) in [5.74, 6) is -0.245. The first-order valence-electron chi connectivity index (χ1n) is 12.4. The molecule has 4 rings (SSSR count). The summed E-state index contributed by atoms with van der Waals surface area (Å²) in [4.78, 5) is 30.5. The Labute approximate surface area is 212 Å². The Morgan fingerprint density at radius 2 is 1.83 bits per heavy atom. The van der Waals surface area contributed by atoms with Crippen molar-refractivity contribution >= 4 is 17.4 Å². The number of para-hydroxylation sites is 1. The van der Waals surface area contributed by atoms with E-state index in [2.05, 4.69) is 4.90 Å². The van der Waals surface area contributed by atoms with Crippen LogP contribution in [-0.2, 0) is 14.3 Å². The molecule has 0 aliphatic carbocycles. The molecule has 8 heteroatoms. The van der Waals surface area contributed by atoms with E-state index in [1.807, 2.05) is 38.1 Å². The summed E-state index contributed by atoms with van der Waals surface area (Å²) < 4.78 is 16.6. The molecule has 0 aromatic heterocycles. The van der Waals surface area contributed by atoms with Gasteiger partial charge in [0.15, 0.2) is 0 Å². The first-order chi connectivity index (χ1) is 17.5. The Hall–Kier alpha value is -3.36. The summed E-state index contributed by atoms with van der Waals surface area (Å²) in [6.45, 7) is 8.47. The average molecular weight is 495 g/mol. The van der Waals surface area contributed by atoms with Crippen LogP contribution in [0.5, 0.6) is 11.5 Å². The monoisotopic (exact) mass is 494 g/mol. The number of carbonyl (C=O) groups is 2. The average Bonchev–Trinajstić information content (AvgIpc) is 3.14. The first-order valence-corrected chi connectivity index (χ1v) is 12.4. The molecule has 0 bridgehead atoms. The number of methoxy groups -OCH3 is 1. The Balaban J connectivity index is 1.73. The molecule has 1 N–H and O–H groups in total. The fraction of sp³-hybridized carbons (Fsp3) is 0.429. The van der Waals surface area contributed by atoms with Crippen LogP contribution in [0.1, 0.15) is 36.1 Å². The lowest BCUT2D eigenvalue weighted by Gasteiger charge is -2.29. The molecule has 2 fully saturated rings. The van der Waals surface area contributed by atoms with Gasteiger partial charge in [-0.2, -0.15) is 0 Å². The molecule has 0 radical (unpaired) electrons. The number of rotatable bonds is 9. The van der Waals surface area contributed by atoms with Gasteiger partial charge >= 0.3 is 0 Å². The third-order valence-corrected chi connectivity index (χ3v) is 6.70. The van der Waals surface area contributed by atoms with E-state index < -0.39 is 17.7 Å². The van der Waals surface area contributed by atoms with Crippen molar-refractivity contribution in [2.45, 2.75) is 26.3 Å². The van der Waals surface area contributed by atoms with E-state index in [-0.39, 0.29) is 11.3 Å². The van der Waals surface area contributed by atoms with Crippen molar-refractivity contribution in [1.82, 2.24) is 9.80 Å². The molecule has 192 valence electrons. The van der Waals surface area contributed by atoms with Crippen LogP contribution in [0, 0.1) is 6.92 Å². The van der Waals surface area contributed by atoms with E-state index in [9.17, 15) is 14.7 Å². The zero-order valence-corrected chi connectivity index (χ0v) is 21.2. The van der Waals surface area contributed by atoms with Gasteiger partial charge < -0.3 is 24.2 Å². The molecule has 2 aromatic carbocycles. The molecule has 2 aromatic rings. The van der Waals surface area contributed by atoms with Crippen LogP contribution >= 0.6 is 0 Å². The van der Waals surface area contributed by atoms with E-state index in [0.29, 0.717) is 55.4 Å². The van der Waals surface area contributed by atoms with Crippen molar-refractivity contribution in [2.24, 2.45) is 0 Å². The maximum atomic E-state index is 13.4. The van der Waals surface area contributed by atoms with Gasteiger partial charge in [-0.1, -0.05) is 18.2 Å². The van der Waals surface area contributed by atoms with Crippen molar-refractivity contribution in [3.8, 4) is 11.5 Å². The van der Waals surface area contributed by atoms with Crippen molar-refractivity contribution in [1.29, 1.82) is 0 Å². The Kier molecular flexibility index (Phi) is 8.28. The highest BCUT2D eigenvalue weighted by atomic mass is 16.5. The highest BCUT2D eigenvalue weighted by molar-refractivity contribution is 6.46. The molecule has 36 heavy (non-hydrogen) atoms. The summed E-state index contributed by atoms with van der Waals surface area (Å²) in [7, 11) is 1.58. The number of benzene rings is 2. The minimum atomic E-state index is -0.750. The van der Waals surface area contributed by atoms with Gasteiger partial charge in [0.05, 0.1) is 38.5 Å². The first kappa shape index (κ1) is 25.7. The zero-order valence-electron chi connectivity index (χ0n) is 21.2. The fourth-order valence-corrected chi connectivity index (χ4v) is 4.90. The van der Waals surface area contributed by atoms with Crippen molar-refractivity contribution in [2.75, 3.05) is 53.1 Å². The summed E-state index contributed by atoms with van der Waals surface area (Å²) in [5, 5.41) is 11.4. The highest BCUT2D eigenvalue weighted by Gasteiger charge is 2.46. The molecule has 2 heterocycles. The number of likely N-dealkylation sites (tertiary alicyclic amines) is 1. The highest BCUT2D eigenvalue weighted by Crippen LogP contribution is 2.43. The van der Waals surface area contributed by atoms with Gasteiger partial charge in [-0.25, -0.2) is 0 Å². The zero-order chi connectivity index (χ0) is 25.7. The van der Waals surface area contributed by atoms with Gasteiger partial charge in [-0.3, -0.25) is 14.5 Å². The maximum absolute atomic E-state index is 13.4. The van der Waals surface area contributed by atoms with Crippen molar-refractivity contribution in [3.63, 3.8) is 0 Å². The number of aryl methyl sites for hydroxylation is 1. The lowest BCUT2D eigenvalue weighted by Crippen LogP contribution is -2.39. The Morgan fingerprint density at radius 3 is 2.53 bits per heavy atom. The molecule has 2 aliphatic rings. The van der Waals surface area contributed by atoms with Crippen LogP contribution in [0.15, 0.2) is 48.0 Å². The fourth-order valence-electron chi connectivity index (χ4n) is 4.90. The number of nitrogens with zero attached hydrogens (tertiary/aromatic N) is 2. The molecule has 2 aliphatic heterocycles. The number of amides is 1. The van der Waals surface area contributed by atoms with E-state index in [4.69, 9.17) is 14.2 Å². The minimum Gasteiger partial charge on any atom is -0.507 e. The maximum Gasteiger partial charge on any atom is 0.295 e. The molecule has 0 unspecified atom stereocenters. The predicted molar refractivity (Wildman–Crippen MR) is 136 cm³/mol. The molecule has 1 amide bonds. The van der Waals surface area contributed by atoms with Gasteiger partial charge in [0.2, 0.25) is 0 Å². The van der Waals surface area contributed by atoms with Crippen LogP contribution in [-0.4, -0.2) is 79.7 Å². The smallest absolute Gasteiger partial charge is 0.295 e. The number of hydrogen-bond acceptors (Lipinski definition) is 7. The third kappa shape index (κ3) is 5.24. The van der Waals surface area contributed by atoms with Crippen LogP contribution in [0.3, 0.4) is 0 Å². The second-order valence-corrected chi connectivity index (χ2v) is 8.96. The second-order valence-electron chi connectivity index (χ2n) is 8.96. The molecule has 0 spiro atoms. The standard InChI is InChI=1S/C28H34N2O6/c1-4-36-23-9-6-5-8-21(23)25-24(26(31)20-10-11-22(34-3)19(2)18-20)27(32)28(33)30(25)13-7-12-29-14-16-35-17-15-29/h5-6,8-11,18,25,31H,4,7,12-17H2,1-3H3/t25-/m1/s1. The number of aliphatic hydroxyl groups is 1. The number of Topliss-reactive ketones (excluding diaryl/α,β-unsaturated/α-hetero) is 1. The summed E-state index contributed by atoms with van der Waals surface area (Å²) in [6.07, 6.45) is 0.696. The van der Waals surface area contributed by atoms with E-state index >= 15 is 0 Å². The van der Waals surface area contributed by atoms with Gasteiger partial charge in [0.1, 0.15) is 17.3 Å². The number of carbonyl (C=O) groups excluding carboxylic acids is 2. The predicted octanol–water partition coefficient (Wildman–Crippen LogP) is 3.55. The lowest BCUT2D eigenvalue weighted by atomic mass is 9.94. The van der Waals surface area contributed by atoms with Gasteiger partial charge in [0, 0.05) is 37.3 Å². The Bertz CT molecular complexity index is 1140. The molecule has 1 atom stereocenters. The van der Waals surface area contributed by atoms with Crippen molar-refractivity contribution in [3.05, 3.63) is 64.7 Å². The minimum absolute atomic E-state index is 0.0723. The largest absolute Gasteiger partial charge is 0.507 e. The van der Waals surface area contributed by atoms with Crippen LogP contribution < -0.4 is 9.47 Å². The third-order valence-electron chi connectivity index (χ3n) is 6.70. The van der Waals surface area contributed by atoms with E-state index in [0.717, 1.165) is 25.2 Å². The molecule has 8 nitrogen and oxygen atoms in total. The van der Waals surface area contributed by atoms with E-state index in [1.54, 1.807) is 30.2 Å².